The highest BCUT2D eigenvalue weighted by Gasteiger charge is 2.47. The summed E-state index contributed by atoms with van der Waals surface area (Å²) in [6, 6.07) is 10.7. The van der Waals surface area contributed by atoms with E-state index >= 15 is 0 Å². The Labute approximate surface area is 147 Å². The maximum Gasteiger partial charge on any atom is 0.241 e. The number of sulfonamides is 1. The molecule has 1 saturated carbocycles. The lowest BCUT2D eigenvalue weighted by Crippen LogP contribution is -2.35. The van der Waals surface area contributed by atoms with Gasteiger partial charge in [-0.15, -0.1) is 0 Å². The monoisotopic (exact) mass is 365 g/mol. The Balaban J connectivity index is 1.95. The van der Waals surface area contributed by atoms with Crippen LogP contribution in [0.3, 0.4) is 0 Å². The van der Waals surface area contributed by atoms with Crippen LogP contribution in [-0.2, 0) is 15.6 Å². The summed E-state index contributed by atoms with van der Waals surface area (Å²) in [4.78, 5) is 0.293. The van der Waals surface area contributed by atoms with Crippen molar-refractivity contribution in [3.63, 3.8) is 0 Å². The van der Waals surface area contributed by atoms with Crippen molar-refractivity contribution in [3.8, 4) is 5.75 Å². The fraction of sp³-hybridized carbons (Fsp3) is 0.333. The van der Waals surface area contributed by atoms with Gasteiger partial charge in [-0.05, 0) is 67.6 Å². The van der Waals surface area contributed by atoms with Gasteiger partial charge < -0.3 is 4.74 Å². The van der Waals surface area contributed by atoms with Gasteiger partial charge in [0.2, 0.25) is 10.0 Å². The third kappa shape index (κ3) is 3.16. The first-order valence-corrected chi connectivity index (χ1v) is 9.59. The van der Waals surface area contributed by atoms with Crippen LogP contribution in [0.15, 0.2) is 41.3 Å². The zero-order chi connectivity index (χ0) is 17.5. The smallest absolute Gasteiger partial charge is 0.241 e. The summed E-state index contributed by atoms with van der Waals surface area (Å²) in [7, 11) is -2.05. The minimum absolute atomic E-state index is 0.293. The Hall–Kier alpha value is -1.56. The van der Waals surface area contributed by atoms with E-state index in [-0.39, 0.29) is 0 Å². The van der Waals surface area contributed by atoms with Crippen molar-refractivity contribution in [2.24, 2.45) is 0 Å². The number of nitrogens with one attached hydrogen (secondary N) is 1. The van der Waals surface area contributed by atoms with Gasteiger partial charge in [0.25, 0.3) is 0 Å². The van der Waals surface area contributed by atoms with Gasteiger partial charge in [-0.25, -0.2) is 13.1 Å². The molecule has 2 aromatic carbocycles. The molecule has 1 aliphatic rings. The minimum atomic E-state index is -3.63. The second-order valence-electron chi connectivity index (χ2n) is 6.28. The van der Waals surface area contributed by atoms with E-state index in [1.165, 1.54) is 0 Å². The van der Waals surface area contributed by atoms with Crippen molar-refractivity contribution in [1.29, 1.82) is 0 Å². The van der Waals surface area contributed by atoms with Crippen LogP contribution >= 0.6 is 11.6 Å². The van der Waals surface area contributed by atoms with E-state index in [1.807, 2.05) is 19.1 Å². The third-order valence-electron chi connectivity index (χ3n) is 4.46. The number of benzene rings is 2. The number of halogens is 1. The molecule has 3 rings (SSSR count). The van der Waals surface area contributed by atoms with E-state index in [2.05, 4.69) is 4.72 Å². The predicted octanol–water partition coefficient (Wildman–Crippen LogP) is 3.93. The SMILES string of the molecule is COc1cc(C)c(S(=O)(=O)NC2(c3ccc(Cl)cc3)CC2)cc1C. The molecule has 6 heteroatoms. The molecule has 0 amide bonds. The Morgan fingerprint density at radius 2 is 1.71 bits per heavy atom. The maximum atomic E-state index is 12.9. The van der Waals surface area contributed by atoms with E-state index in [0.29, 0.717) is 21.2 Å². The molecule has 0 aromatic heterocycles. The largest absolute Gasteiger partial charge is 0.496 e. The second kappa shape index (κ2) is 6.06. The molecule has 1 aliphatic carbocycles. The number of hydrogen-bond donors (Lipinski definition) is 1. The second-order valence-corrected chi connectivity index (χ2v) is 8.37. The Bertz CT molecular complexity index is 872. The third-order valence-corrected chi connectivity index (χ3v) is 6.39. The minimum Gasteiger partial charge on any atom is -0.496 e. The van der Waals surface area contributed by atoms with Gasteiger partial charge in [0.15, 0.2) is 0 Å². The highest BCUT2D eigenvalue weighted by atomic mass is 35.5. The Morgan fingerprint density at radius 1 is 1.08 bits per heavy atom. The molecule has 0 aliphatic heterocycles. The lowest BCUT2D eigenvalue weighted by atomic mass is 10.1. The van der Waals surface area contributed by atoms with Crippen LogP contribution in [0.5, 0.6) is 5.75 Å². The fourth-order valence-corrected chi connectivity index (χ4v) is 4.82. The highest BCUT2D eigenvalue weighted by Crippen LogP contribution is 2.47. The Morgan fingerprint density at radius 3 is 2.25 bits per heavy atom. The van der Waals surface area contributed by atoms with Gasteiger partial charge in [-0.2, -0.15) is 0 Å². The molecule has 4 nitrogen and oxygen atoms in total. The van der Waals surface area contributed by atoms with Crippen LogP contribution in [0.25, 0.3) is 0 Å². The van der Waals surface area contributed by atoms with E-state index in [9.17, 15) is 8.42 Å². The molecule has 1 fully saturated rings. The van der Waals surface area contributed by atoms with Gasteiger partial charge in [0.1, 0.15) is 5.75 Å². The molecule has 0 saturated heterocycles. The van der Waals surface area contributed by atoms with E-state index < -0.39 is 15.6 Å². The first-order chi connectivity index (χ1) is 11.3. The topological polar surface area (TPSA) is 55.4 Å². The zero-order valence-corrected chi connectivity index (χ0v) is 15.5. The van der Waals surface area contributed by atoms with Gasteiger partial charge in [-0.3, -0.25) is 0 Å². The molecule has 0 bridgehead atoms. The number of ether oxygens (including phenoxy) is 1. The quantitative estimate of drug-likeness (QED) is 0.873. The van der Waals surface area contributed by atoms with Crippen LogP contribution in [0.4, 0.5) is 0 Å². The molecule has 0 unspecified atom stereocenters. The van der Waals surface area contributed by atoms with Crippen LogP contribution in [-0.4, -0.2) is 15.5 Å². The van der Waals surface area contributed by atoms with Crippen molar-refractivity contribution in [2.75, 3.05) is 7.11 Å². The van der Waals surface area contributed by atoms with Crippen LogP contribution in [0, 0.1) is 13.8 Å². The number of methoxy groups -OCH3 is 1. The molecule has 24 heavy (non-hydrogen) atoms. The van der Waals surface area contributed by atoms with Crippen molar-refractivity contribution in [1.82, 2.24) is 4.72 Å². The zero-order valence-electron chi connectivity index (χ0n) is 13.9. The summed E-state index contributed by atoms with van der Waals surface area (Å²) in [5.74, 6) is 0.685. The summed E-state index contributed by atoms with van der Waals surface area (Å²) in [6.45, 7) is 3.61. The first-order valence-electron chi connectivity index (χ1n) is 7.73. The number of aryl methyl sites for hydroxylation is 2. The van der Waals surface area contributed by atoms with Gasteiger partial charge >= 0.3 is 0 Å². The summed E-state index contributed by atoms with van der Waals surface area (Å²) >= 11 is 5.93. The van der Waals surface area contributed by atoms with Crippen molar-refractivity contribution in [2.45, 2.75) is 37.1 Å². The van der Waals surface area contributed by atoms with Crippen LogP contribution in [0.2, 0.25) is 5.02 Å². The molecular formula is C18H20ClNO3S. The molecule has 0 atom stereocenters. The van der Waals surface area contributed by atoms with Crippen molar-refractivity contribution < 1.29 is 13.2 Å². The molecular weight excluding hydrogens is 346 g/mol. The first kappa shape index (κ1) is 17.3. The summed E-state index contributed by atoms with van der Waals surface area (Å²) < 4.78 is 34.0. The summed E-state index contributed by atoms with van der Waals surface area (Å²) in [5, 5.41) is 0.638. The molecule has 0 radical (unpaired) electrons. The molecule has 2 aromatic rings. The van der Waals surface area contributed by atoms with Gasteiger partial charge in [0, 0.05) is 5.02 Å². The molecule has 0 heterocycles. The van der Waals surface area contributed by atoms with Crippen LogP contribution in [0.1, 0.15) is 29.5 Å². The predicted molar refractivity (Wildman–Crippen MR) is 95.2 cm³/mol. The molecule has 0 spiro atoms. The highest BCUT2D eigenvalue weighted by molar-refractivity contribution is 7.89. The Kier molecular flexibility index (Phi) is 4.36. The summed E-state index contributed by atoms with van der Waals surface area (Å²) in [6.07, 6.45) is 1.56. The van der Waals surface area contributed by atoms with Crippen molar-refractivity contribution in [3.05, 3.63) is 58.1 Å². The van der Waals surface area contributed by atoms with E-state index in [0.717, 1.165) is 24.0 Å². The van der Waals surface area contributed by atoms with E-state index in [4.69, 9.17) is 16.3 Å². The van der Waals surface area contributed by atoms with Crippen molar-refractivity contribution >= 4 is 21.6 Å². The standard InChI is InChI=1S/C18H20ClNO3S/c1-12-11-17(13(2)10-16(12)23-3)24(21,22)20-18(8-9-18)14-4-6-15(19)7-5-14/h4-7,10-11,20H,8-9H2,1-3H3. The normalized spacial score (nSPS) is 16.0. The average Bonchev–Trinajstić information content (AvgIpc) is 3.29. The summed E-state index contributed by atoms with van der Waals surface area (Å²) in [5.41, 5.74) is 1.87. The van der Waals surface area contributed by atoms with Gasteiger partial charge in [0.05, 0.1) is 17.5 Å². The van der Waals surface area contributed by atoms with E-state index in [1.54, 1.807) is 38.3 Å². The molecule has 128 valence electrons. The lowest BCUT2D eigenvalue weighted by Gasteiger charge is -2.20. The van der Waals surface area contributed by atoms with Crippen LogP contribution < -0.4 is 9.46 Å². The lowest BCUT2D eigenvalue weighted by molar-refractivity contribution is 0.411. The molecule has 1 N–H and O–H groups in total. The van der Waals surface area contributed by atoms with Gasteiger partial charge in [-0.1, -0.05) is 23.7 Å². The fourth-order valence-electron chi connectivity index (χ4n) is 2.93. The number of rotatable bonds is 5. The number of hydrogen-bond acceptors (Lipinski definition) is 3. The average molecular weight is 366 g/mol. The maximum absolute atomic E-state index is 12.9.